The third-order valence-electron chi connectivity index (χ3n) is 1.97. The molecule has 0 amide bonds. The minimum atomic E-state index is -0.251. The Balaban J connectivity index is 2.89. The van der Waals surface area contributed by atoms with Crippen molar-refractivity contribution < 1.29 is 4.79 Å². The lowest BCUT2D eigenvalue weighted by molar-refractivity contribution is 0.0856. The number of nitrogens with one attached hydrogen (secondary N) is 1. The Morgan fingerprint density at radius 2 is 2.38 bits per heavy atom. The van der Waals surface area contributed by atoms with Crippen LogP contribution in [0.3, 0.4) is 0 Å². The highest BCUT2D eigenvalue weighted by atomic mass is 16.2. The quantitative estimate of drug-likeness (QED) is 0.676. The van der Waals surface area contributed by atoms with Crippen molar-refractivity contribution in [2.45, 2.75) is 19.9 Å². The van der Waals surface area contributed by atoms with Crippen LogP contribution < -0.4 is 11.1 Å². The zero-order valence-electron chi connectivity index (χ0n) is 8.03. The van der Waals surface area contributed by atoms with E-state index in [1.165, 1.54) is 10.9 Å². The van der Waals surface area contributed by atoms with Gasteiger partial charge in [0.1, 0.15) is 0 Å². The molecule has 0 fully saturated rings. The van der Waals surface area contributed by atoms with E-state index < -0.39 is 0 Å². The Morgan fingerprint density at radius 3 is 2.77 bits per heavy atom. The molecule has 0 spiro atoms. The predicted octanol–water partition coefficient (Wildman–Crippen LogP) is 0.0218. The second kappa shape index (κ2) is 3.57. The Hall–Kier alpha value is -1.36. The summed E-state index contributed by atoms with van der Waals surface area (Å²) in [6.07, 6.45) is 1.53. The molecule has 1 aromatic rings. The molecular weight excluding hydrogens is 168 g/mol. The molecule has 1 atom stereocenters. The molecule has 0 aromatic carbocycles. The summed E-state index contributed by atoms with van der Waals surface area (Å²) in [5.74, 6) is -0.109. The van der Waals surface area contributed by atoms with Crippen molar-refractivity contribution >= 4 is 11.6 Å². The van der Waals surface area contributed by atoms with Crippen LogP contribution in [0.4, 0.5) is 5.69 Å². The second-order valence-electron chi connectivity index (χ2n) is 2.96. The van der Waals surface area contributed by atoms with Crippen molar-refractivity contribution in [1.29, 1.82) is 0 Å². The van der Waals surface area contributed by atoms with Gasteiger partial charge in [0.05, 0.1) is 23.6 Å². The molecular formula is C8H14N4O. The maximum absolute atomic E-state index is 11.5. The van der Waals surface area contributed by atoms with Crippen molar-refractivity contribution in [3.8, 4) is 0 Å². The van der Waals surface area contributed by atoms with Gasteiger partial charge in [-0.2, -0.15) is 5.10 Å². The van der Waals surface area contributed by atoms with Gasteiger partial charge in [0.2, 0.25) is 0 Å². The number of nitrogens with two attached hydrogens (primary N) is 1. The number of aromatic nitrogens is 2. The monoisotopic (exact) mass is 182 g/mol. The van der Waals surface area contributed by atoms with E-state index in [0.717, 1.165) is 0 Å². The van der Waals surface area contributed by atoms with E-state index in [0.29, 0.717) is 11.4 Å². The first-order chi connectivity index (χ1) is 6.06. The second-order valence-corrected chi connectivity index (χ2v) is 2.96. The number of hydrogen-bond donors (Lipinski definition) is 2. The molecule has 0 saturated carbocycles. The van der Waals surface area contributed by atoms with E-state index in [2.05, 4.69) is 10.4 Å². The van der Waals surface area contributed by atoms with E-state index in [-0.39, 0.29) is 11.9 Å². The zero-order chi connectivity index (χ0) is 10.0. The SMILES string of the molecule is CNC(C)C(=O)n1cc(N)c(C)n1. The zero-order valence-corrected chi connectivity index (χ0v) is 8.03. The Labute approximate surface area is 76.9 Å². The van der Waals surface area contributed by atoms with Crippen LogP contribution >= 0.6 is 0 Å². The van der Waals surface area contributed by atoms with Gasteiger partial charge in [-0.3, -0.25) is 4.79 Å². The lowest BCUT2D eigenvalue weighted by Gasteiger charge is -2.07. The van der Waals surface area contributed by atoms with Gasteiger partial charge in [0.15, 0.2) is 0 Å². The number of likely N-dealkylation sites (N-methyl/N-ethyl adjacent to an activating group) is 1. The fourth-order valence-electron chi connectivity index (χ4n) is 0.908. The molecule has 0 radical (unpaired) electrons. The van der Waals surface area contributed by atoms with E-state index >= 15 is 0 Å². The van der Waals surface area contributed by atoms with Gasteiger partial charge in [-0.05, 0) is 20.9 Å². The molecule has 1 heterocycles. The van der Waals surface area contributed by atoms with Crippen LogP contribution in [0.25, 0.3) is 0 Å². The molecule has 0 saturated heterocycles. The summed E-state index contributed by atoms with van der Waals surface area (Å²) in [5, 5.41) is 6.82. The molecule has 1 unspecified atom stereocenters. The maximum Gasteiger partial charge on any atom is 0.263 e. The van der Waals surface area contributed by atoms with Gasteiger partial charge in [0, 0.05) is 0 Å². The fraction of sp³-hybridized carbons (Fsp3) is 0.500. The van der Waals surface area contributed by atoms with Crippen molar-refractivity contribution in [2.75, 3.05) is 12.8 Å². The van der Waals surface area contributed by atoms with E-state index in [9.17, 15) is 4.79 Å². The minimum Gasteiger partial charge on any atom is -0.396 e. The third kappa shape index (κ3) is 1.86. The number of rotatable bonds is 2. The summed E-state index contributed by atoms with van der Waals surface area (Å²) in [6, 6.07) is -0.251. The van der Waals surface area contributed by atoms with Crippen LogP contribution in [0.5, 0.6) is 0 Å². The highest BCUT2D eigenvalue weighted by Gasteiger charge is 2.14. The number of anilines is 1. The van der Waals surface area contributed by atoms with Gasteiger partial charge >= 0.3 is 0 Å². The summed E-state index contributed by atoms with van der Waals surface area (Å²) in [6.45, 7) is 3.54. The summed E-state index contributed by atoms with van der Waals surface area (Å²) < 4.78 is 1.27. The first-order valence-corrected chi connectivity index (χ1v) is 4.09. The smallest absolute Gasteiger partial charge is 0.263 e. The first kappa shape index (κ1) is 9.73. The van der Waals surface area contributed by atoms with Gasteiger partial charge < -0.3 is 11.1 Å². The number of carbonyl (C=O) groups is 1. The molecule has 5 heteroatoms. The molecule has 3 N–H and O–H groups in total. The lowest BCUT2D eigenvalue weighted by Crippen LogP contribution is -2.35. The number of nitrogen functional groups attached to an aromatic ring is 1. The largest absolute Gasteiger partial charge is 0.396 e. The summed E-state index contributed by atoms with van der Waals surface area (Å²) in [7, 11) is 1.72. The van der Waals surface area contributed by atoms with Crippen molar-refractivity contribution in [2.24, 2.45) is 0 Å². The molecule has 1 aromatic heterocycles. The average Bonchev–Trinajstić information content (AvgIpc) is 2.44. The van der Waals surface area contributed by atoms with Crippen molar-refractivity contribution in [3.05, 3.63) is 11.9 Å². The van der Waals surface area contributed by atoms with Crippen LogP contribution in [0.1, 0.15) is 17.4 Å². The topological polar surface area (TPSA) is 72.9 Å². The van der Waals surface area contributed by atoms with E-state index in [1.54, 1.807) is 20.9 Å². The van der Waals surface area contributed by atoms with Gasteiger partial charge in [-0.25, -0.2) is 4.68 Å². The molecule has 0 aliphatic heterocycles. The molecule has 1 rings (SSSR count). The summed E-state index contributed by atoms with van der Waals surface area (Å²) >= 11 is 0. The lowest BCUT2D eigenvalue weighted by atomic mass is 10.3. The summed E-state index contributed by atoms with van der Waals surface area (Å²) in [4.78, 5) is 11.5. The number of hydrogen-bond acceptors (Lipinski definition) is 4. The third-order valence-corrected chi connectivity index (χ3v) is 1.97. The summed E-state index contributed by atoms with van der Waals surface area (Å²) in [5.41, 5.74) is 6.78. The molecule has 0 aliphatic rings. The highest BCUT2D eigenvalue weighted by Crippen LogP contribution is 2.06. The normalized spacial score (nSPS) is 12.8. The van der Waals surface area contributed by atoms with Gasteiger partial charge in [-0.15, -0.1) is 0 Å². The fourth-order valence-corrected chi connectivity index (χ4v) is 0.908. The predicted molar refractivity (Wildman–Crippen MR) is 50.5 cm³/mol. The van der Waals surface area contributed by atoms with Crippen LogP contribution in [0, 0.1) is 6.92 Å². The van der Waals surface area contributed by atoms with Crippen LogP contribution in [0.2, 0.25) is 0 Å². The standard InChI is InChI=1S/C8H14N4O/c1-5-7(9)4-12(11-5)8(13)6(2)10-3/h4,6,10H,9H2,1-3H3. The highest BCUT2D eigenvalue weighted by molar-refractivity contribution is 5.83. The van der Waals surface area contributed by atoms with E-state index in [1.807, 2.05) is 0 Å². The number of nitrogens with zero attached hydrogens (tertiary/aromatic N) is 2. The van der Waals surface area contributed by atoms with Crippen LogP contribution in [-0.2, 0) is 0 Å². The van der Waals surface area contributed by atoms with Crippen LogP contribution in [0.15, 0.2) is 6.20 Å². The minimum absolute atomic E-state index is 0.109. The first-order valence-electron chi connectivity index (χ1n) is 4.09. The van der Waals surface area contributed by atoms with Crippen molar-refractivity contribution in [3.63, 3.8) is 0 Å². The van der Waals surface area contributed by atoms with Crippen LogP contribution in [-0.4, -0.2) is 28.8 Å². The Kier molecular flexibility index (Phi) is 2.67. The number of carbonyl (C=O) groups excluding carboxylic acids is 1. The Morgan fingerprint density at radius 1 is 1.77 bits per heavy atom. The Bertz CT molecular complexity index is 298. The van der Waals surface area contributed by atoms with Crippen molar-refractivity contribution in [1.82, 2.24) is 15.1 Å². The molecule has 0 aliphatic carbocycles. The molecule has 72 valence electrons. The average molecular weight is 182 g/mol. The number of aryl methyl sites for hydroxylation is 1. The molecule has 13 heavy (non-hydrogen) atoms. The van der Waals surface area contributed by atoms with Gasteiger partial charge in [0.25, 0.3) is 5.91 Å². The molecule has 5 nitrogen and oxygen atoms in total. The van der Waals surface area contributed by atoms with E-state index in [4.69, 9.17) is 5.73 Å². The maximum atomic E-state index is 11.5. The molecule has 0 bridgehead atoms. The van der Waals surface area contributed by atoms with Gasteiger partial charge in [-0.1, -0.05) is 0 Å².